The quantitative estimate of drug-likeness (QED) is 0.803. The predicted octanol–water partition coefficient (Wildman–Crippen LogP) is 0.326. The van der Waals surface area contributed by atoms with E-state index in [1.165, 1.54) is 17.3 Å². The van der Waals surface area contributed by atoms with Gasteiger partial charge in [0.1, 0.15) is 23.1 Å². The molecule has 2 heterocycles. The number of nitrogens with one attached hydrogen (secondary N) is 1. The lowest BCUT2D eigenvalue weighted by Gasteiger charge is -2.21. The summed E-state index contributed by atoms with van der Waals surface area (Å²) in [7, 11) is -3.42. The van der Waals surface area contributed by atoms with Gasteiger partial charge in [-0.15, -0.1) is 0 Å². The fourth-order valence-corrected chi connectivity index (χ4v) is 3.66. The first kappa shape index (κ1) is 16.5. The molecule has 1 aromatic rings. The van der Waals surface area contributed by atoms with Gasteiger partial charge in [-0.05, 0) is 25.8 Å². The summed E-state index contributed by atoms with van der Waals surface area (Å²) < 4.78 is 29.7. The van der Waals surface area contributed by atoms with E-state index in [0.29, 0.717) is 25.1 Å². The number of furan rings is 1. The summed E-state index contributed by atoms with van der Waals surface area (Å²) in [6.45, 7) is 1.87. The molecule has 0 aliphatic carbocycles. The van der Waals surface area contributed by atoms with Crippen molar-refractivity contribution >= 4 is 21.9 Å². The van der Waals surface area contributed by atoms with Crippen molar-refractivity contribution in [2.75, 3.05) is 12.8 Å². The van der Waals surface area contributed by atoms with E-state index in [1.807, 2.05) is 0 Å². The van der Waals surface area contributed by atoms with Crippen LogP contribution in [0.3, 0.4) is 0 Å². The van der Waals surface area contributed by atoms with Gasteiger partial charge < -0.3 is 14.8 Å². The van der Waals surface area contributed by atoms with Crippen molar-refractivity contribution in [1.29, 1.82) is 0 Å². The van der Waals surface area contributed by atoms with Crippen molar-refractivity contribution in [1.82, 2.24) is 9.62 Å². The summed E-state index contributed by atoms with van der Waals surface area (Å²) in [5.74, 6) is -0.936. The molecule has 0 spiro atoms. The Kier molecular flexibility index (Phi) is 4.57. The zero-order chi connectivity index (χ0) is 16.5. The zero-order valence-corrected chi connectivity index (χ0v) is 13.1. The second-order valence-electron chi connectivity index (χ2n) is 5.24. The second kappa shape index (κ2) is 6.09. The molecule has 1 amide bonds. The van der Waals surface area contributed by atoms with Gasteiger partial charge in [0, 0.05) is 6.54 Å². The van der Waals surface area contributed by atoms with Crippen molar-refractivity contribution in [3.63, 3.8) is 0 Å². The number of hydrogen-bond acceptors (Lipinski definition) is 5. The molecule has 8 nitrogen and oxygen atoms in total. The first-order valence-electron chi connectivity index (χ1n) is 6.77. The van der Waals surface area contributed by atoms with Gasteiger partial charge in [0.05, 0.1) is 12.8 Å². The van der Waals surface area contributed by atoms with Crippen molar-refractivity contribution < 1.29 is 27.5 Å². The number of carboxylic acids is 1. The van der Waals surface area contributed by atoms with E-state index < -0.39 is 27.9 Å². The van der Waals surface area contributed by atoms with Crippen LogP contribution in [0.2, 0.25) is 0 Å². The molecule has 0 radical (unpaired) electrons. The molecule has 2 rings (SSSR count). The molecule has 122 valence electrons. The number of nitrogens with zero attached hydrogens (tertiary/aromatic N) is 1. The van der Waals surface area contributed by atoms with Crippen LogP contribution in [0, 0.1) is 6.92 Å². The molecule has 22 heavy (non-hydrogen) atoms. The van der Waals surface area contributed by atoms with Crippen LogP contribution >= 0.6 is 0 Å². The summed E-state index contributed by atoms with van der Waals surface area (Å²) in [5.41, 5.74) is 0.0443. The molecule has 1 aromatic heterocycles. The number of carbonyl (C=O) groups excluding carboxylic acids is 1. The minimum absolute atomic E-state index is 0.0149. The van der Waals surface area contributed by atoms with Gasteiger partial charge >= 0.3 is 5.97 Å². The molecular weight excluding hydrogens is 312 g/mol. The van der Waals surface area contributed by atoms with E-state index in [4.69, 9.17) is 9.52 Å². The number of aromatic carboxylic acids is 1. The van der Waals surface area contributed by atoms with Gasteiger partial charge in [0.25, 0.3) is 0 Å². The highest BCUT2D eigenvalue weighted by atomic mass is 32.2. The van der Waals surface area contributed by atoms with Crippen LogP contribution < -0.4 is 5.32 Å². The van der Waals surface area contributed by atoms with E-state index >= 15 is 0 Å². The molecule has 1 saturated heterocycles. The summed E-state index contributed by atoms with van der Waals surface area (Å²) in [6, 6.07) is 0.631. The number of amides is 1. The van der Waals surface area contributed by atoms with Gasteiger partial charge in [-0.1, -0.05) is 0 Å². The minimum atomic E-state index is -3.42. The largest absolute Gasteiger partial charge is 0.478 e. The third-order valence-corrected chi connectivity index (χ3v) is 4.86. The number of aryl methyl sites for hydroxylation is 1. The maximum absolute atomic E-state index is 12.1. The molecular formula is C13H18N2O6S. The maximum Gasteiger partial charge on any atom is 0.339 e. The Morgan fingerprint density at radius 2 is 2.18 bits per heavy atom. The number of rotatable bonds is 5. The van der Waals surface area contributed by atoms with Crippen molar-refractivity contribution in [3.8, 4) is 0 Å². The molecule has 0 unspecified atom stereocenters. The predicted molar refractivity (Wildman–Crippen MR) is 76.8 cm³/mol. The molecule has 0 bridgehead atoms. The first-order valence-corrected chi connectivity index (χ1v) is 8.62. The van der Waals surface area contributed by atoms with Crippen LogP contribution in [0.5, 0.6) is 0 Å². The Hall–Kier alpha value is -1.87. The summed E-state index contributed by atoms with van der Waals surface area (Å²) in [4.78, 5) is 23.0. The van der Waals surface area contributed by atoms with Crippen LogP contribution in [0.25, 0.3) is 0 Å². The second-order valence-corrected chi connectivity index (χ2v) is 7.17. The molecule has 1 fully saturated rings. The number of carbonyl (C=O) groups is 2. The Balaban J connectivity index is 2.01. The van der Waals surface area contributed by atoms with Crippen LogP contribution in [0.1, 0.15) is 34.7 Å². The average molecular weight is 330 g/mol. The van der Waals surface area contributed by atoms with Crippen molar-refractivity contribution in [2.45, 2.75) is 32.4 Å². The van der Waals surface area contributed by atoms with E-state index in [-0.39, 0.29) is 17.9 Å². The topological polar surface area (TPSA) is 117 Å². The van der Waals surface area contributed by atoms with Crippen LogP contribution in [0.15, 0.2) is 10.5 Å². The van der Waals surface area contributed by atoms with Crippen molar-refractivity contribution in [2.24, 2.45) is 0 Å². The molecule has 1 aliphatic rings. The fraction of sp³-hybridized carbons (Fsp3) is 0.538. The molecule has 0 saturated carbocycles. The molecule has 1 aliphatic heterocycles. The van der Waals surface area contributed by atoms with Gasteiger partial charge in [0.15, 0.2) is 0 Å². The zero-order valence-electron chi connectivity index (χ0n) is 12.3. The Morgan fingerprint density at radius 3 is 2.73 bits per heavy atom. The first-order chi connectivity index (χ1) is 10.2. The Bertz CT molecular complexity index is 693. The summed E-state index contributed by atoms with van der Waals surface area (Å²) in [5, 5.41) is 11.5. The van der Waals surface area contributed by atoms with Crippen LogP contribution in [-0.2, 0) is 21.4 Å². The SMILES string of the molecule is Cc1oc(CNC(=O)[C@H]2CCCN2S(C)(=O)=O)cc1C(=O)O. The average Bonchev–Trinajstić information content (AvgIpc) is 3.01. The lowest BCUT2D eigenvalue weighted by Crippen LogP contribution is -2.45. The Morgan fingerprint density at radius 1 is 1.50 bits per heavy atom. The lowest BCUT2D eigenvalue weighted by atomic mass is 10.2. The summed E-state index contributed by atoms with van der Waals surface area (Å²) >= 11 is 0. The molecule has 2 N–H and O–H groups in total. The third-order valence-electron chi connectivity index (χ3n) is 3.57. The Labute approximate surface area is 128 Å². The lowest BCUT2D eigenvalue weighted by molar-refractivity contribution is -0.124. The highest BCUT2D eigenvalue weighted by Crippen LogP contribution is 2.21. The van der Waals surface area contributed by atoms with Gasteiger partial charge in [-0.3, -0.25) is 4.79 Å². The minimum Gasteiger partial charge on any atom is -0.478 e. The normalized spacial score (nSPS) is 19.3. The van der Waals surface area contributed by atoms with Crippen LogP contribution in [0.4, 0.5) is 0 Å². The van der Waals surface area contributed by atoms with E-state index in [9.17, 15) is 18.0 Å². The van der Waals surface area contributed by atoms with E-state index in [0.717, 1.165) is 6.26 Å². The number of sulfonamides is 1. The highest BCUT2D eigenvalue weighted by Gasteiger charge is 2.36. The smallest absolute Gasteiger partial charge is 0.339 e. The molecule has 1 atom stereocenters. The number of carboxylic acid groups (broad SMARTS) is 1. The monoisotopic (exact) mass is 330 g/mol. The third kappa shape index (κ3) is 3.47. The van der Waals surface area contributed by atoms with Gasteiger partial charge in [-0.2, -0.15) is 4.31 Å². The molecule has 0 aromatic carbocycles. The summed E-state index contributed by atoms with van der Waals surface area (Å²) in [6.07, 6.45) is 2.18. The highest BCUT2D eigenvalue weighted by molar-refractivity contribution is 7.88. The number of hydrogen-bond donors (Lipinski definition) is 2. The van der Waals surface area contributed by atoms with Gasteiger partial charge in [-0.25, -0.2) is 13.2 Å². The maximum atomic E-state index is 12.1. The fourth-order valence-electron chi connectivity index (χ4n) is 2.53. The van der Waals surface area contributed by atoms with E-state index in [2.05, 4.69) is 5.32 Å². The van der Waals surface area contributed by atoms with Crippen LogP contribution in [-0.4, -0.2) is 48.5 Å². The molecule has 9 heteroatoms. The van der Waals surface area contributed by atoms with Gasteiger partial charge in [0.2, 0.25) is 15.9 Å². The van der Waals surface area contributed by atoms with E-state index in [1.54, 1.807) is 0 Å². The standard InChI is InChI=1S/C13H18N2O6S/c1-8-10(13(17)18)6-9(21-8)7-14-12(16)11-4-3-5-15(11)22(2,19)20/h6,11H,3-5,7H2,1-2H3,(H,14,16)(H,17,18)/t11-/m1/s1. The van der Waals surface area contributed by atoms with Crippen molar-refractivity contribution in [3.05, 3.63) is 23.2 Å².